The van der Waals surface area contributed by atoms with Crippen LogP contribution in [0.15, 0.2) is 24.3 Å². The molecule has 4 atom stereocenters. The van der Waals surface area contributed by atoms with E-state index in [1.54, 1.807) is 4.90 Å². The fourth-order valence-corrected chi connectivity index (χ4v) is 4.81. The number of carbonyl (C=O) groups is 2. The zero-order chi connectivity index (χ0) is 16.7. The molecule has 1 aromatic rings. The third-order valence-electron chi connectivity index (χ3n) is 6.09. The molecular formula is C19H25N3O2. The number of hydrogen-bond donors (Lipinski definition) is 2. The van der Waals surface area contributed by atoms with Crippen LogP contribution in [0.1, 0.15) is 43.0 Å². The normalized spacial score (nSPS) is 29.6. The zero-order valence-electron chi connectivity index (χ0n) is 14.1. The molecule has 2 N–H and O–H groups in total. The lowest BCUT2D eigenvalue weighted by molar-refractivity contribution is 0.0915. The molecule has 4 unspecified atom stereocenters. The molecule has 3 amide bonds. The average Bonchev–Trinajstić information content (AvgIpc) is 3.31. The topological polar surface area (TPSA) is 61.4 Å². The Balaban J connectivity index is 1.38. The number of hydrogen-bond acceptors (Lipinski definition) is 2. The first-order valence-electron chi connectivity index (χ1n) is 9.08. The smallest absolute Gasteiger partial charge is 0.321 e. The van der Waals surface area contributed by atoms with Crippen LogP contribution in [0.5, 0.6) is 0 Å². The maximum absolute atomic E-state index is 12.5. The Hall–Kier alpha value is -2.04. The van der Waals surface area contributed by atoms with Gasteiger partial charge in [-0.25, -0.2) is 4.79 Å². The number of amides is 3. The van der Waals surface area contributed by atoms with Gasteiger partial charge in [-0.05, 0) is 68.2 Å². The SMILES string of the molecule is CC(NC(=O)c1ccc(N2CCNC2=O)cc1)C1CC2CCC1C2. The molecule has 5 nitrogen and oxygen atoms in total. The van der Waals surface area contributed by atoms with Crippen LogP contribution >= 0.6 is 0 Å². The van der Waals surface area contributed by atoms with Crippen LogP contribution in [-0.4, -0.2) is 31.1 Å². The molecular weight excluding hydrogens is 302 g/mol. The molecule has 2 saturated carbocycles. The summed E-state index contributed by atoms with van der Waals surface area (Å²) >= 11 is 0. The number of carbonyl (C=O) groups excluding carboxylic acids is 2. The molecule has 2 bridgehead atoms. The zero-order valence-corrected chi connectivity index (χ0v) is 14.1. The van der Waals surface area contributed by atoms with Crippen molar-refractivity contribution in [3.8, 4) is 0 Å². The highest BCUT2D eigenvalue weighted by Gasteiger charge is 2.42. The first kappa shape index (κ1) is 15.5. The second kappa shape index (κ2) is 6.11. The second-order valence-corrected chi connectivity index (χ2v) is 7.53. The van der Waals surface area contributed by atoms with E-state index >= 15 is 0 Å². The minimum atomic E-state index is -0.0721. The third-order valence-corrected chi connectivity index (χ3v) is 6.09. The number of nitrogens with zero attached hydrogens (tertiary/aromatic N) is 1. The monoisotopic (exact) mass is 327 g/mol. The predicted octanol–water partition coefficient (Wildman–Crippen LogP) is 2.77. The summed E-state index contributed by atoms with van der Waals surface area (Å²) < 4.78 is 0. The molecule has 3 fully saturated rings. The predicted molar refractivity (Wildman–Crippen MR) is 93.1 cm³/mol. The van der Waals surface area contributed by atoms with Gasteiger partial charge in [-0.1, -0.05) is 6.42 Å². The minimum absolute atomic E-state index is 0.0114. The van der Waals surface area contributed by atoms with Crippen LogP contribution in [-0.2, 0) is 0 Å². The average molecular weight is 327 g/mol. The van der Waals surface area contributed by atoms with Crippen LogP contribution < -0.4 is 15.5 Å². The van der Waals surface area contributed by atoms with Crippen molar-refractivity contribution in [2.24, 2.45) is 17.8 Å². The van der Waals surface area contributed by atoms with Gasteiger partial charge >= 0.3 is 6.03 Å². The summed E-state index contributed by atoms with van der Waals surface area (Å²) in [6.07, 6.45) is 5.35. The molecule has 24 heavy (non-hydrogen) atoms. The molecule has 3 aliphatic rings. The number of benzene rings is 1. The highest BCUT2D eigenvalue weighted by atomic mass is 16.2. The Morgan fingerprint density at radius 1 is 1.25 bits per heavy atom. The van der Waals surface area contributed by atoms with E-state index < -0.39 is 0 Å². The van der Waals surface area contributed by atoms with Gasteiger partial charge in [0.1, 0.15) is 0 Å². The summed E-state index contributed by atoms with van der Waals surface area (Å²) in [5.41, 5.74) is 1.50. The maximum Gasteiger partial charge on any atom is 0.321 e. The summed E-state index contributed by atoms with van der Waals surface area (Å²) in [4.78, 5) is 25.9. The molecule has 2 aliphatic carbocycles. The lowest BCUT2D eigenvalue weighted by atomic mass is 9.84. The van der Waals surface area contributed by atoms with E-state index in [0.29, 0.717) is 24.6 Å². The molecule has 0 spiro atoms. The lowest BCUT2D eigenvalue weighted by Gasteiger charge is -2.28. The molecule has 0 radical (unpaired) electrons. The Bertz CT molecular complexity index is 643. The number of fused-ring (bicyclic) bond motifs is 2. The van der Waals surface area contributed by atoms with Crippen LogP contribution in [0, 0.1) is 17.8 Å². The van der Waals surface area contributed by atoms with Crippen molar-refractivity contribution in [3.63, 3.8) is 0 Å². The van der Waals surface area contributed by atoms with Crippen molar-refractivity contribution in [1.29, 1.82) is 0 Å². The van der Waals surface area contributed by atoms with E-state index in [-0.39, 0.29) is 18.0 Å². The van der Waals surface area contributed by atoms with E-state index in [1.807, 2.05) is 24.3 Å². The summed E-state index contributed by atoms with van der Waals surface area (Å²) in [5.74, 6) is 2.33. The minimum Gasteiger partial charge on any atom is -0.349 e. The van der Waals surface area contributed by atoms with Crippen molar-refractivity contribution < 1.29 is 9.59 Å². The fraction of sp³-hybridized carbons (Fsp3) is 0.579. The largest absolute Gasteiger partial charge is 0.349 e. The van der Waals surface area contributed by atoms with Gasteiger partial charge in [0.05, 0.1) is 0 Å². The summed E-state index contributed by atoms with van der Waals surface area (Å²) in [5, 5.41) is 5.97. The first-order valence-corrected chi connectivity index (χ1v) is 9.08. The molecule has 128 valence electrons. The fourth-order valence-electron chi connectivity index (χ4n) is 4.81. The quantitative estimate of drug-likeness (QED) is 0.893. The molecule has 1 aliphatic heterocycles. The van der Waals surface area contributed by atoms with Crippen LogP contribution in [0.2, 0.25) is 0 Å². The number of urea groups is 1. The van der Waals surface area contributed by atoms with E-state index in [0.717, 1.165) is 17.5 Å². The highest BCUT2D eigenvalue weighted by Crippen LogP contribution is 2.49. The molecule has 1 saturated heterocycles. The Kier molecular flexibility index (Phi) is 3.94. The molecule has 4 rings (SSSR count). The Morgan fingerprint density at radius 2 is 2.04 bits per heavy atom. The number of nitrogens with one attached hydrogen (secondary N) is 2. The van der Waals surface area contributed by atoms with Gasteiger partial charge in [0.2, 0.25) is 0 Å². The van der Waals surface area contributed by atoms with Crippen molar-refractivity contribution >= 4 is 17.6 Å². The highest BCUT2D eigenvalue weighted by molar-refractivity contribution is 5.97. The second-order valence-electron chi connectivity index (χ2n) is 7.53. The van der Waals surface area contributed by atoms with E-state index in [1.165, 1.54) is 25.7 Å². The van der Waals surface area contributed by atoms with Crippen LogP contribution in [0.4, 0.5) is 10.5 Å². The number of anilines is 1. The standard InChI is InChI=1S/C19H25N3O2/c1-12(17-11-13-2-3-15(17)10-13)21-18(23)14-4-6-16(7-5-14)22-9-8-20-19(22)24/h4-7,12-13,15,17H,2-3,8-11H2,1H3,(H,20,24)(H,21,23). The van der Waals surface area contributed by atoms with E-state index in [9.17, 15) is 9.59 Å². The van der Waals surface area contributed by atoms with E-state index in [4.69, 9.17) is 0 Å². The molecule has 1 heterocycles. The first-order chi connectivity index (χ1) is 11.6. The Morgan fingerprint density at radius 3 is 2.62 bits per heavy atom. The van der Waals surface area contributed by atoms with Gasteiger partial charge in [0.15, 0.2) is 0 Å². The van der Waals surface area contributed by atoms with Crippen LogP contribution in [0.25, 0.3) is 0 Å². The number of rotatable bonds is 4. The molecule has 1 aromatic carbocycles. The summed E-state index contributed by atoms with van der Waals surface area (Å²) in [6.45, 7) is 3.49. The molecule has 5 heteroatoms. The van der Waals surface area contributed by atoms with Gasteiger partial charge in [0.25, 0.3) is 5.91 Å². The van der Waals surface area contributed by atoms with Crippen molar-refractivity contribution in [2.75, 3.05) is 18.0 Å². The lowest BCUT2D eigenvalue weighted by Crippen LogP contribution is -2.40. The Labute approximate surface area is 142 Å². The van der Waals surface area contributed by atoms with Crippen LogP contribution in [0.3, 0.4) is 0 Å². The summed E-state index contributed by atoms with van der Waals surface area (Å²) in [6, 6.07) is 7.48. The van der Waals surface area contributed by atoms with Gasteiger partial charge in [-0.3, -0.25) is 9.69 Å². The maximum atomic E-state index is 12.5. The van der Waals surface area contributed by atoms with Gasteiger partial charge in [-0.15, -0.1) is 0 Å². The summed E-state index contributed by atoms with van der Waals surface area (Å²) in [7, 11) is 0. The van der Waals surface area contributed by atoms with Gasteiger partial charge < -0.3 is 10.6 Å². The van der Waals surface area contributed by atoms with Gasteiger partial charge in [-0.2, -0.15) is 0 Å². The van der Waals surface area contributed by atoms with Crippen molar-refractivity contribution in [1.82, 2.24) is 10.6 Å². The van der Waals surface area contributed by atoms with Crippen molar-refractivity contribution in [2.45, 2.75) is 38.6 Å². The molecule has 0 aromatic heterocycles. The third kappa shape index (κ3) is 2.76. The van der Waals surface area contributed by atoms with E-state index in [2.05, 4.69) is 17.6 Å². The van der Waals surface area contributed by atoms with Crippen molar-refractivity contribution in [3.05, 3.63) is 29.8 Å². The van der Waals surface area contributed by atoms with Gasteiger partial charge in [0, 0.05) is 30.4 Å².